The number of ether oxygens (including phenoxy) is 1. The zero-order valence-corrected chi connectivity index (χ0v) is 7.10. The van der Waals surface area contributed by atoms with Gasteiger partial charge in [-0.1, -0.05) is 5.11 Å². The number of primary amides is 1. The van der Waals surface area contributed by atoms with Crippen molar-refractivity contribution in [2.24, 2.45) is 16.0 Å². The summed E-state index contributed by atoms with van der Waals surface area (Å²) in [7, 11) is 1.57. The van der Waals surface area contributed by atoms with Gasteiger partial charge >= 0.3 is 6.03 Å². The molecule has 2 amide bonds. The van der Waals surface area contributed by atoms with E-state index in [2.05, 4.69) is 10.2 Å². The first kappa shape index (κ1) is 9.18. The van der Waals surface area contributed by atoms with Crippen LogP contribution in [0.4, 0.5) is 10.5 Å². The minimum atomic E-state index is -0.809. The van der Waals surface area contributed by atoms with Crippen molar-refractivity contribution in [2.75, 3.05) is 7.11 Å². The van der Waals surface area contributed by atoms with Gasteiger partial charge in [-0.15, -0.1) is 5.11 Å². The molecule has 0 aliphatic rings. The van der Waals surface area contributed by atoms with Gasteiger partial charge in [0, 0.05) is 0 Å². The Labute approximate surface area is 75.2 Å². The van der Waals surface area contributed by atoms with Crippen LogP contribution in [0.15, 0.2) is 34.5 Å². The molecule has 0 heterocycles. The van der Waals surface area contributed by atoms with E-state index in [0.29, 0.717) is 5.69 Å². The summed E-state index contributed by atoms with van der Waals surface area (Å²) >= 11 is 0. The van der Waals surface area contributed by atoms with Crippen molar-refractivity contribution >= 4 is 11.7 Å². The number of hydrogen-bond donors (Lipinski definition) is 1. The Morgan fingerprint density at radius 1 is 1.38 bits per heavy atom. The topological polar surface area (TPSA) is 77.0 Å². The highest BCUT2D eigenvalue weighted by molar-refractivity contribution is 5.72. The third-order valence-electron chi connectivity index (χ3n) is 1.34. The van der Waals surface area contributed by atoms with Crippen molar-refractivity contribution in [2.45, 2.75) is 0 Å². The van der Waals surface area contributed by atoms with E-state index in [0.717, 1.165) is 5.75 Å². The van der Waals surface area contributed by atoms with Crippen molar-refractivity contribution < 1.29 is 9.53 Å². The summed E-state index contributed by atoms with van der Waals surface area (Å²) in [4.78, 5) is 10.2. The van der Waals surface area contributed by atoms with Crippen molar-refractivity contribution in [3.05, 3.63) is 24.3 Å². The van der Waals surface area contributed by atoms with Crippen LogP contribution in [0, 0.1) is 0 Å². The molecule has 0 saturated heterocycles. The Morgan fingerprint density at radius 3 is 2.46 bits per heavy atom. The summed E-state index contributed by atoms with van der Waals surface area (Å²) in [5.74, 6) is 0.720. The quantitative estimate of drug-likeness (QED) is 0.703. The third-order valence-corrected chi connectivity index (χ3v) is 1.34. The van der Waals surface area contributed by atoms with E-state index in [1.165, 1.54) is 0 Å². The fraction of sp³-hybridized carbons (Fsp3) is 0.125. The number of nitrogens with zero attached hydrogens (tertiary/aromatic N) is 2. The van der Waals surface area contributed by atoms with E-state index >= 15 is 0 Å². The van der Waals surface area contributed by atoms with Crippen LogP contribution in [0.1, 0.15) is 0 Å². The summed E-state index contributed by atoms with van der Waals surface area (Å²) in [5.41, 5.74) is 5.33. The van der Waals surface area contributed by atoms with E-state index in [9.17, 15) is 4.79 Å². The van der Waals surface area contributed by atoms with Crippen LogP contribution in [0.25, 0.3) is 0 Å². The monoisotopic (exact) mass is 179 g/mol. The van der Waals surface area contributed by atoms with Gasteiger partial charge in [0.1, 0.15) is 5.75 Å². The second kappa shape index (κ2) is 4.20. The molecule has 0 aliphatic carbocycles. The minimum Gasteiger partial charge on any atom is -0.497 e. The summed E-state index contributed by atoms with van der Waals surface area (Å²) in [6.45, 7) is 0. The first-order valence-electron chi connectivity index (χ1n) is 3.57. The standard InChI is InChI=1S/C8H9N3O2/c1-13-7-4-2-6(3-5-7)10-11-8(9)12/h2-5H,1H3,(H2,9,12). The number of amides is 2. The van der Waals surface area contributed by atoms with Crippen LogP contribution < -0.4 is 10.5 Å². The second-order valence-corrected chi connectivity index (χ2v) is 2.24. The molecule has 0 radical (unpaired) electrons. The average molecular weight is 179 g/mol. The van der Waals surface area contributed by atoms with Gasteiger partial charge in [0.15, 0.2) is 0 Å². The molecule has 0 aromatic heterocycles. The molecular formula is C8H9N3O2. The second-order valence-electron chi connectivity index (χ2n) is 2.24. The number of hydrogen-bond acceptors (Lipinski definition) is 3. The van der Waals surface area contributed by atoms with E-state index in [1.54, 1.807) is 31.4 Å². The Kier molecular flexibility index (Phi) is 2.97. The fourth-order valence-corrected chi connectivity index (χ4v) is 0.756. The van der Waals surface area contributed by atoms with Crippen molar-refractivity contribution in [1.82, 2.24) is 0 Å². The lowest BCUT2D eigenvalue weighted by atomic mass is 10.3. The van der Waals surface area contributed by atoms with E-state index < -0.39 is 6.03 Å². The number of urea groups is 1. The summed E-state index contributed by atoms with van der Waals surface area (Å²) in [5, 5.41) is 6.75. The number of methoxy groups -OCH3 is 1. The largest absolute Gasteiger partial charge is 0.497 e. The molecule has 1 aromatic rings. The van der Waals surface area contributed by atoms with Crippen LogP contribution in [0.5, 0.6) is 5.75 Å². The molecular weight excluding hydrogens is 170 g/mol. The maximum absolute atomic E-state index is 10.2. The highest BCUT2D eigenvalue weighted by atomic mass is 16.5. The van der Waals surface area contributed by atoms with Crippen LogP contribution in [-0.4, -0.2) is 13.1 Å². The van der Waals surface area contributed by atoms with Gasteiger partial charge in [-0.25, -0.2) is 4.79 Å². The first-order valence-corrected chi connectivity index (χ1v) is 3.57. The number of benzene rings is 1. The highest BCUT2D eigenvalue weighted by Gasteiger charge is 1.92. The number of carbonyl (C=O) groups excluding carboxylic acids is 1. The lowest BCUT2D eigenvalue weighted by Crippen LogP contribution is -2.01. The number of azo groups is 1. The predicted molar refractivity (Wildman–Crippen MR) is 47.1 cm³/mol. The molecule has 1 aromatic carbocycles. The Morgan fingerprint density at radius 2 is 2.00 bits per heavy atom. The maximum atomic E-state index is 10.2. The Balaban J connectivity index is 2.75. The normalized spacial score (nSPS) is 10.2. The Bertz CT molecular complexity index is 319. The molecule has 1 rings (SSSR count). The maximum Gasteiger partial charge on any atom is 0.356 e. The van der Waals surface area contributed by atoms with Gasteiger partial charge in [0.25, 0.3) is 0 Å². The number of nitrogens with two attached hydrogens (primary N) is 1. The summed E-state index contributed by atoms with van der Waals surface area (Å²) < 4.78 is 4.93. The molecule has 0 saturated carbocycles. The van der Waals surface area contributed by atoms with E-state index in [1.807, 2.05) is 0 Å². The van der Waals surface area contributed by atoms with Crippen molar-refractivity contribution in [1.29, 1.82) is 0 Å². The minimum absolute atomic E-state index is 0.555. The van der Waals surface area contributed by atoms with Crippen LogP contribution in [-0.2, 0) is 0 Å². The molecule has 0 spiro atoms. The molecule has 5 nitrogen and oxygen atoms in total. The zero-order valence-electron chi connectivity index (χ0n) is 7.10. The molecule has 0 fully saturated rings. The number of carbonyl (C=O) groups is 1. The number of rotatable bonds is 2. The van der Waals surface area contributed by atoms with Crippen molar-refractivity contribution in [3.63, 3.8) is 0 Å². The zero-order chi connectivity index (χ0) is 9.68. The fourth-order valence-electron chi connectivity index (χ4n) is 0.756. The van der Waals surface area contributed by atoms with Crippen molar-refractivity contribution in [3.8, 4) is 5.75 Å². The van der Waals surface area contributed by atoms with Gasteiger partial charge in [0.2, 0.25) is 0 Å². The van der Waals surface area contributed by atoms with E-state index in [-0.39, 0.29) is 0 Å². The smallest absolute Gasteiger partial charge is 0.356 e. The SMILES string of the molecule is COc1ccc(N=NC(N)=O)cc1. The van der Waals surface area contributed by atoms with Crippen LogP contribution >= 0.6 is 0 Å². The molecule has 5 heteroatoms. The summed E-state index contributed by atoms with van der Waals surface area (Å²) in [6, 6.07) is 5.97. The summed E-state index contributed by atoms with van der Waals surface area (Å²) in [6.07, 6.45) is 0. The highest BCUT2D eigenvalue weighted by Crippen LogP contribution is 2.17. The average Bonchev–Trinajstić information content (AvgIpc) is 2.15. The molecule has 0 unspecified atom stereocenters. The molecule has 0 aliphatic heterocycles. The Hall–Kier alpha value is -1.91. The molecule has 0 atom stereocenters. The first-order chi connectivity index (χ1) is 6.22. The molecule has 13 heavy (non-hydrogen) atoms. The predicted octanol–water partition coefficient (Wildman–Crippen LogP) is 1.86. The van der Waals surface area contributed by atoms with Crippen LogP contribution in [0.3, 0.4) is 0 Å². The third kappa shape index (κ3) is 2.90. The van der Waals surface area contributed by atoms with Gasteiger partial charge in [-0.3, -0.25) is 0 Å². The molecule has 68 valence electrons. The van der Waals surface area contributed by atoms with Crippen LogP contribution in [0.2, 0.25) is 0 Å². The van der Waals surface area contributed by atoms with Gasteiger partial charge in [-0.2, -0.15) is 0 Å². The van der Waals surface area contributed by atoms with E-state index in [4.69, 9.17) is 10.5 Å². The lowest BCUT2D eigenvalue weighted by Gasteiger charge is -1.97. The van der Waals surface area contributed by atoms with Gasteiger partial charge in [0.05, 0.1) is 12.8 Å². The van der Waals surface area contributed by atoms with Gasteiger partial charge in [-0.05, 0) is 24.3 Å². The lowest BCUT2D eigenvalue weighted by molar-refractivity contribution is 0.255. The van der Waals surface area contributed by atoms with Gasteiger partial charge < -0.3 is 10.5 Å². The molecule has 0 bridgehead atoms. The molecule has 2 N–H and O–H groups in total.